The van der Waals surface area contributed by atoms with E-state index in [1.807, 2.05) is 6.92 Å². The molecule has 0 bridgehead atoms. The molecule has 0 aromatic carbocycles. The largest absolute Gasteiger partial charge is 0.458 e. The SMILES string of the molecule is CCC(C)C(=O)OC1(CC)CCCC12CCCC2. The summed E-state index contributed by atoms with van der Waals surface area (Å²) in [5, 5.41) is 0. The summed E-state index contributed by atoms with van der Waals surface area (Å²) in [5.41, 5.74) is 0.189. The van der Waals surface area contributed by atoms with E-state index < -0.39 is 0 Å². The molecular formula is C16H28O2. The maximum Gasteiger partial charge on any atom is 0.309 e. The van der Waals surface area contributed by atoms with Crippen molar-refractivity contribution in [3.63, 3.8) is 0 Å². The molecule has 1 spiro atoms. The Kier molecular flexibility index (Phi) is 4.03. The minimum absolute atomic E-state index is 0.0347. The van der Waals surface area contributed by atoms with E-state index in [-0.39, 0.29) is 17.5 Å². The summed E-state index contributed by atoms with van der Waals surface area (Å²) in [5.74, 6) is 0.0833. The summed E-state index contributed by atoms with van der Waals surface area (Å²) in [6.45, 7) is 6.25. The summed E-state index contributed by atoms with van der Waals surface area (Å²) in [4.78, 5) is 12.2. The number of rotatable bonds is 4. The van der Waals surface area contributed by atoms with Crippen LogP contribution in [0.2, 0.25) is 0 Å². The molecule has 2 rings (SSSR count). The lowest BCUT2D eigenvalue weighted by Crippen LogP contribution is -2.46. The van der Waals surface area contributed by atoms with Crippen molar-refractivity contribution in [3.8, 4) is 0 Å². The van der Waals surface area contributed by atoms with Crippen molar-refractivity contribution in [1.29, 1.82) is 0 Å². The number of ether oxygens (including phenoxy) is 1. The fourth-order valence-corrected chi connectivity index (χ4v) is 4.21. The first-order valence-electron chi connectivity index (χ1n) is 7.82. The molecule has 0 radical (unpaired) electrons. The van der Waals surface area contributed by atoms with Gasteiger partial charge in [0.2, 0.25) is 0 Å². The molecule has 0 N–H and O–H groups in total. The first-order valence-corrected chi connectivity index (χ1v) is 7.82. The van der Waals surface area contributed by atoms with Crippen LogP contribution < -0.4 is 0 Å². The lowest BCUT2D eigenvalue weighted by Gasteiger charge is -2.43. The smallest absolute Gasteiger partial charge is 0.309 e. The van der Waals surface area contributed by atoms with Gasteiger partial charge in [0, 0.05) is 5.41 Å². The summed E-state index contributed by atoms with van der Waals surface area (Å²) >= 11 is 0. The van der Waals surface area contributed by atoms with Crippen molar-refractivity contribution < 1.29 is 9.53 Å². The molecule has 2 aliphatic carbocycles. The number of esters is 1. The first-order chi connectivity index (χ1) is 8.59. The highest BCUT2D eigenvalue weighted by atomic mass is 16.6. The fourth-order valence-electron chi connectivity index (χ4n) is 4.21. The van der Waals surface area contributed by atoms with Crippen molar-refractivity contribution in [2.45, 2.75) is 84.2 Å². The van der Waals surface area contributed by atoms with Crippen LogP contribution in [0.25, 0.3) is 0 Å². The predicted octanol–water partition coefficient (Wildman–Crippen LogP) is 4.47. The Bertz CT molecular complexity index is 299. The van der Waals surface area contributed by atoms with Crippen LogP contribution in [0.1, 0.15) is 78.6 Å². The topological polar surface area (TPSA) is 26.3 Å². The molecule has 0 saturated heterocycles. The van der Waals surface area contributed by atoms with Gasteiger partial charge in [0.05, 0.1) is 5.92 Å². The molecule has 2 fully saturated rings. The Morgan fingerprint density at radius 1 is 1.11 bits per heavy atom. The normalized spacial score (nSPS) is 31.7. The monoisotopic (exact) mass is 252 g/mol. The van der Waals surface area contributed by atoms with Crippen LogP contribution in [0, 0.1) is 11.3 Å². The molecule has 0 aromatic heterocycles. The highest BCUT2D eigenvalue weighted by molar-refractivity contribution is 5.72. The van der Waals surface area contributed by atoms with Crippen LogP contribution in [-0.4, -0.2) is 11.6 Å². The Hall–Kier alpha value is -0.530. The number of hydrogen-bond donors (Lipinski definition) is 0. The van der Waals surface area contributed by atoms with Gasteiger partial charge in [-0.15, -0.1) is 0 Å². The zero-order chi connectivity index (χ0) is 13.2. The average molecular weight is 252 g/mol. The van der Waals surface area contributed by atoms with E-state index in [0.717, 1.165) is 19.3 Å². The molecule has 0 heterocycles. The quantitative estimate of drug-likeness (QED) is 0.690. The van der Waals surface area contributed by atoms with Gasteiger partial charge in [-0.25, -0.2) is 0 Å². The second-order valence-electron chi connectivity index (χ2n) is 6.42. The van der Waals surface area contributed by atoms with E-state index in [4.69, 9.17) is 4.74 Å². The summed E-state index contributed by atoms with van der Waals surface area (Å²) in [6.07, 6.45) is 10.7. The third-order valence-corrected chi connectivity index (χ3v) is 5.64. The van der Waals surface area contributed by atoms with Crippen LogP contribution in [0.4, 0.5) is 0 Å². The molecule has 18 heavy (non-hydrogen) atoms. The Morgan fingerprint density at radius 2 is 1.72 bits per heavy atom. The molecule has 2 aliphatic rings. The van der Waals surface area contributed by atoms with Crippen molar-refractivity contribution in [2.24, 2.45) is 11.3 Å². The summed E-state index contributed by atoms with van der Waals surface area (Å²) in [7, 11) is 0. The van der Waals surface area contributed by atoms with Gasteiger partial charge < -0.3 is 4.74 Å². The Morgan fingerprint density at radius 3 is 2.28 bits per heavy atom. The molecule has 2 heteroatoms. The number of hydrogen-bond acceptors (Lipinski definition) is 2. The first kappa shape index (κ1) is 13.9. The average Bonchev–Trinajstić information content (AvgIpc) is 2.99. The molecule has 2 atom stereocenters. The second-order valence-corrected chi connectivity index (χ2v) is 6.42. The number of carbonyl (C=O) groups is 1. The minimum Gasteiger partial charge on any atom is -0.458 e. The van der Waals surface area contributed by atoms with Gasteiger partial charge in [-0.1, -0.05) is 33.6 Å². The van der Waals surface area contributed by atoms with Crippen molar-refractivity contribution in [3.05, 3.63) is 0 Å². The van der Waals surface area contributed by atoms with Gasteiger partial charge in [0.1, 0.15) is 5.60 Å². The lowest BCUT2D eigenvalue weighted by molar-refractivity contribution is -0.178. The molecule has 2 nitrogen and oxygen atoms in total. The van der Waals surface area contributed by atoms with Gasteiger partial charge in [0.25, 0.3) is 0 Å². The number of carbonyl (C=O) groups excluding carboxylic acids is 1. The van der Waals surface area contributed by atoms with Crippen LogP contribution in [0.3, 0.4) is 0 Å². The summed E-state index contributed by atoms with van der Waals surface area (Å²) < 4.78 is 6.10. The molecular weight excluding hydrogens is 224 g/mol. The maximum absolute atomic E-state index is 12.2. The van der Waals surface area contributed by atoms with Crippen LogP contribution >= 0.6 is 0 Å². The van der Waals surface area contributed by atoms with E-state index in [9.17, 15) is 4.79 Å². The van der Waals surface area contributed by atoms with E-state index in [1.165, 1.54) is 38.5 Å². The van der Waals surface area contributed by atoms with Crippen molar-refractivity contribution in [1.82, 2.24) is 0 Å². The van der Waals surface area contributed by atoms with Crippen molar-refractivity contribution in [2.75, 3.05) is 0 Å². The molecule has 2 unspecified atom stereocenters. The highest BCUT2D eigenvalue weighted by Gasteiger charge is 2.57. The second kappa shape index (κ2) is 5.22. The van der Waals surface area contributed by atoms with Gasteiger partial charge in [0.15, 0.2) is 0 Å². The molecule has 0 aliphatic heterocycles. The van der Waals surface area contributed by atoms with E-state index in [1.54, 1.807) is 0 Å². The Balaban J connectivity index is 2.17. The predicted molar refractivity (Wildman–Crippen MR) is 73.3 cm³/mol. The van der Waals surface area contributed by atoms with E-state index >= 15 is 0 Å². The Labute approximate surface area is 111 Å². The van der Waals surface area contributed by atoms with Gasteiger partial charge in [-0.3, -0.25) is 4.79 Å². The maximum atomic E-state index is 12.2. The van der Waals surface area contributed by atoms with Crippen LogP contribution in [-0.2, 0) is 9.53 Å². The highest BCUT2D eigenvalue weighted by Crippen LogP contribution is 2.59. The zero-order valence-electron chi connectivity index (χ0n) is 12.3. The van der Waals surface area contributed by atoms with Gasteiger partial charge >= 0.3 is 5.97 Å². The van der Waals surface area contributed by atoms with E-state index in [2.05, 4.69) is 13.8 Å². The molecule has 0 aromatic rings. The third-order valence-electron chi connectivity index (χ3n) is 5.64. The standard InChI is InChI=1S/C16H28O2/c1-4-13(3)14(17)18-16(5-2)12-8-11-15(16)9-6-7-10-15/h13H,4-12H2,1-3H3. The zero-order valence-corrected chi connectivity index (χ0v) is 12.3. The third kappa shape index (κ3) is 2.08. The molecule has 104 valence electrons. The molecule has 2 saturated carbocycles. The minimum atomic E-state index is -0.135. The van der Waals surface area contributed by atoms with Crippen molar-refractivity contribution >= 4 is 5.97 Å². The van der Waals surface area contributed by atoms with E-state index in [0.29, 0.717) is 5.41 Å². The van der Waals surface area contributed by atoms with Crippen LogP contribution in [0.15, 0.2) is 0 Å². The summed E-state index contributed by atoms with van der Waals surface area (Å²) in [6, 6.07) is 0. The molecule has 0 amide bonds. The fraction of sp³-hybridized carbons (Fsp3) is 0.938. The van der Waals surface area contributed by atoms with Gasteiger partial charge in [-0.2, -0.15) is 0 Å². The van der Waals surface area contributed by atoms with Crippen LogP contribution in [0.5, 0.6) is 0 Å². The lowest BCUT2D eigenvalue weighted by atomic mass is 9.71. The van der Waals surface area contributed by atoms with Gasteiger partial charge in [-0.05, 0) is 44.9 Å².